The maximum atomic E-state index is 5.33. The molecule has 0 radical (unpaired) electrons. The Bertz CT molecular complexity index is 2410. The molecule has 2 atom stereocenters. The second-order valence-corrected chi connectivity index (χ2v) is 13.1. The van der Waals surface area contributed by atoms with Gasteiger partial charge in [0.05, 0.1) is 11.0 Å². The molecule has 0 N–H and O–H groups in total. The summed E-state index contributed by atoms with van der Waals surface area (Å²) in [6.07, 6.45) is 1.82. The van der Waals surface area contributed by atoms with Crippen LogP contribution in [0.2, 0.25) is 0 Å². The van der Waals surface area contributed by atoms with Crippen molar-refractivity contribution in [3.05, 3.63) is 156 Å². The summed E-state index contributed by atoms with van der Waals surface area (Å²) in [7, 11) is 4.29. The summed E-state index contributed by atoms with van der Waals surface area (Å²) in [6, 6.07) is 47.5. The van der Waals surface area contributed by atoms with Gasteiger partial charge >= 0.3 is 0 Å². The summed E-state index contributed by atoms with van der Waals surface area (Å²) < 4.78 is 4.91. The molecule has 222 valence electrons. The molecular weight excluding hydrogens is 583 g/mol. The van der Waals surface area contributed by atoms with Gasteiger partial charge in [0.2, 0.25) is 0 Å². The lowest BCUT2D eigenvalue weighted by Gasteiger charge is -2.44. The smallest absolute Gasteiger partial charge is 0.137 e. The van der Waals surface area contributed by atoms with E-state index < -0.39 is 0 Å². The number of fused-ring (bicyclic) bond motifs is 6. The highest BCUT2D eigenvalue weighted by Gasteiger charge is 2.35. The molecule has 0 bridgehead atoms. The minimum Gasteiger partial charge on any atom is -0.339 e. The van der Waals surface area contributed by atoms with Crippen molar-refractivity contribution in [3.8, 4) is 5.82 Å². The van der Waals surface area contributed by atoms with E-state index in [0.717, 1.165) is 28.3 Å². The lowest BCUT2D eigenvalue weighted by molar-refractivity contribution is 0.0743. The first kappa shape index (κ1) is 27.0. The summed E-state index contributed by atoms with van der Waals surface area (Å²) in [5, 5.41) is 5.11. The van der Waals surface area contributed by atoms with E-state index in [-0.39, 0.29) is 12.3 Å². The van der Waals surface area contributed by atoms with Crippen LogP contribution in [-0.2, 0) is 0 Å². The Labute approximate surface area is 271 Å². The van der Waals surface area contributed by atoms with E-state index >= 15 is 0 Å². The zero-order chi connectivity index (χ0) is 30.8. The summed E-state index contributed by atoms with van der Waals surface area (Å²) in [5.41, 5.74) is 5.71. The average molecular weight is 614 g/mol. The van der Waals surface area contributed by atoms with Crippen molar-refractivity contribution in [2.45, 2.75) is 12.3 Å². The molecule has 2 unspecified atom stereocenters. The van der Waals surface area contributed by atoms with Crippen LogP contribution in [0.5, 0.6) is 0 Å². The standard InChI is InChI=1S/C40H31N5S/c1-43-38(26-13-5-3-6-14-26)42-39(44(2)40(43)27-15-7-4-8-16-27)28-21-22-37(41-25-28)45-33-19-11-9-17-29(33)31-23-32-30-18-10-12-20-35(30)46-36(32)24-34(31)45/h3-25,39-40H,1-2H3. The molecule has 5 aromatic carbocycles. The fraction of sp³-hybridized carbons (Fsp3) is 0.100. The van der Waals surface area contributed by atoms with Gasteiger partial charge < -0.3 is 4.90 Å². The quantitative estimate of drug-likeness (QED) is 0.198. The molecule has 0 amide bonds. The summed E-state index contributed by atoms with van der Waals surface area (Å²) in [5.74, 6) is 1.87. The molecule has 0 aliphatic carbocycles. The molecule has 0 saturated carbocycles. The molecule has 6 heteroatoms. The van der Waals surface area contributed by atoms with Crippen LogP contribution in [0.3, 0.4) is 0 Å². The molecule has 0 saturated heterocycles. The zero-order valence-corrected chi connectivity index (χ0v) is 26.4. The van der Waals surface area contributed by atoms with Crippen LogP contribution in [0.4, 0.5) is 0 Å². The third-order valence-corrected chi connectivity index (χ3v) is 10.4. The number of thiophene rings is 1. The second kappa shape index (κ2) is 10.7. The number of hydrogen-bond donors (Lipinski definition) is 0. The first-order chi connectivity index (χ1) is 22.7. The molecule has 4 heterocycles. The topological polar surface area (TPSA) is 36.7 Å². The van der Waals surface area contributed by atoms with Crippen molar-refractivity contribution in [2.75, 3.05) is 14.1 Å². The monoisotopic (exact) mass is 613 g/mol. The van der Waals surface area contributed by atoms with E-state index in [9.17, 15) is 0 Å². The lowest BCUT2D eigenvalue weighted by atomic mass is 10.0. The molecule has 9 rings (SSSR count). The highest BCUT2D eigenvalue weighted by atomic mass is 32.1. The van der Waals surface area contributed by atoms with Gasteiger partial charge in [-0.15, -0.1) is 11.3 Å². The number of aromatic nitrogens is 2. The largest absolute Gasteiger partial charge is 0.339 e. The molecule has 3 aromatic heterocycles. The van der Waals surface area contributed by atoms with Gasteiger partial charge in [-0.2, -0.15) is 0 Å². The number of para-hydroxylation sites is 1. The van der Waals surface area contributed by atoms with Crippen LogP contribution in [0.25, 0.3) is 47.8 Å². The van der Waals surface area contributed by atoms with Crippen LogP contribution in [-0.4, -0.2) is 39.3 Å². The number of amidine groups is 1. The van der Waals surface area contributed by atoms with Gasteiger partial charge in [0, 0.05) is 55.3 Å². The maximum absolute atomic E-state index is 5.33. The van der Waals surface area contributed by atoms with E-state index in [0.29, 0.717) is 0 Å². The van der Waals surface area contributed by atoms with Crippen LogP contribution in [0.15, 0.2) is 145 Å². The van der Waals surface area contributed by atoms with Gasteiger partial charge in [-0.25, -0.2) is 9.98 Å². The Morgan fingerprint density at radius 1 is 0.587 bits per heavy atom. The summed E-state index contributed by atoms with van der Waals surface area (Å²) >= 11 is 1.85. The van der Waals surface area contributed by atoms with Crippen molar-refractivity contribution in [1.82, 2.24) is 19.4 Å². The lowest BCUT2D eigenvalue weighted by Crippen LogP contribution is -2.47. The molecule has 5 nitrogen and oxygen atoms in total. The van der Waals surface area contributed by atoms with Crippen molar-refractivity contribution >= 4 is 59.2 Å². The van der Waals surface area contributed by atoms with E-state index in [1.165, 1.54) is 42.0 Å². The molecule has 1 aliphatic rings. The van der Waals surface area contributed by atoms with Crippen molar-refractivity contribution in [1.29, 1.82) is 0 Å². The molecule has 8 aromatic rings. The molecule has 0 fully saturated rings. The maximum Gasteiger partial charge on any atom is 0.137 e. The fourth-order valence-electron chi connectivity index (χ4n) is 7.20. The van der Waals surface area contributed by atoms with Gasteiger partial charge in [-0.05, 0) is 42.9 Å². The van der Waals surface area contributed by atoms with Crippen molar-refractivity contribution < 1.29 is 0 Å². The summed E-state index contributed by atoms with van der Waals surface area (Å²) in [6.45, 7) is 0. The Balaban J connectivity index is 1.18. The van der Waals surface area contributed by atoms with Crippen molar-refractivity contribution in [2.24, 2.45) is 4.99 Å². The van der Waals surface area contributed by atoms with Crippen LogP contribution < -0.4 is 0 Å². The third kappa shape index (κ3) is 4.18. The Kier molecular flexibility index (Phi) is 6.27. The number of nitrogens with zero attached hydrogens (tertiary/aromatic N) is 5. The summed E-state index contributed by atoms with van der Waals surface area (Å²) in [4.78, 5) is 15.1. The molecule has 0 spiro atoms. The number of benzene rings is 5. The molecular formula is C40H31N5S. The van der Waals surface area contributed by atoms with E-state index in [2.05, 4.69) is 156 Å². The van der Waals surface area contributed by atoms with Gasteiger partial charge in [0.25, 0.3) is 0 Å². The predicted octanol–water partition coefficient (Wildman–Crippen LogP) is 9.57. The average Bonchev–Trinajstić information content (AvgIpc) is 3.63. The van der Waals surface area contributed by atoms with Crippen LogP contribution in [0, 0.1) is 0 Å². The third-order valence-electron chi connectivity index (χ3n) is 9.32. The predicted molar refractivity (Wildman–Crippen MR) is 192 cm³/mol. The SMILES string of the molecule is CN1C(c2ccccc2)=NC(c2ccc(-n3c4ccccc4c4cc5c(cc43)sc3ccccc35)nc2)N(C)C1c1ccccc1. The molecule has 46 heavy (non-hydrogen) atoms. The number of aliphatic imine (C=N–C) groups is 1. The first-order valence-corrected chi connectivity index (χ1v) is 16.4. The normalized spacial score (nSPS) is 17.3. The fourth-order valence-corrected chi connectivity index (χ4v) is 8.32. The van der Waals surface area contributed by atoms with Crippen LogP contribution >= 0.6 is 11.3 Å². The number of pyridine rings is 1. The highest BCUT2D eigenvalue weighted by Crippen LogP contribution is 2.41. The Hall–Kier alpha value is -5.30. The van der Waals surface area contributed by atoms with Crippen LogP contribution in [0.1, 0.15) is 29.0 Å². The van der Waals surface area contributed by atoms with Gasteiger partial charge in [-0.1, -0.05) is 103 Å². The van der Waals surface area contributed by atoms with E-state index in [1.807, 2.05) is 23.6 Å². The first-order valence-electron chi connectivity index (χ1n) is 15.6. The number of hydrogen-bond acceptors (Lipinski definition) is 5. The second-order valence-electron chi connectivity index (χ2n) is 12.0. The Morgan fingerprint density at radius 3 is 2.09 bits per heavy atom. The minimum atomic E-state index is -0.200. The van der Waals surface area contributed by atoms with E-state index in [1.54, 1.807) is 0 Å². The van der Waals surface area contributed by atoms with Crippen molar-refractivity contribution in [3.63, 3.8) is 0 Å². The zero-order valence-electron chi connectivity index (χ0n) is 25.6. The molecule has 1 aliphatic heterocycles. The van der Waals surface area contributed by atoms with E-state index in [4.69, 9.17) is 9.98 Å². The minimum absolute atomic E-state index is 0.0136. The van der Waals surface area contributed by atoms with Gasteiger partial charge in [-0.3, -0.25) is 9.47 Å². The van der Waals surface area contributed by atoms with Gasteiger partial charge in [0.1, 0.15) is 24.0 Å². The van der Waals surface area contributed by atoms with Gasteiger partial charge in [0.15, 0.2) is 0 Å². The highest BCUT2D eigenvalue weighted by molar-refractivity contribution is 7.25. The Morgan fingerprint density at radius 2 is 1.30 bits per heavy atom. The number of rotatable bonds is 4.